The number of nitrogen functional groups attached to an aromatic ring is 1. The lowest BCUT2D eigenvalue weighted by atomic mass is 10.1. The lowest BCUT2D eigenvalue weighted by Crippen LogP contribution is -2.19. The Kier molecular flexibility index (Phi) is 3.78. The number of hydrazine groups is 1. The second-order valence-electron chi connectivity index (χ2n) is 4.34. The van der Waals surface area contributed by atoms with Crippen molar-refractivity contribution in [3.8, 4) is 0 Å². The zero-order valence-electron chi connectivity index (χ0n) is 10.8. The van der Waals surface area contributed by atoms with Gasteiger partial charge in [-0.15, -0.1) is 5.10 Å². The van der Waals surface area contributed by atoms with Crippen molar-refractivity contribution < 1.29 is 0 Å². The first-order chi connectivity index (χ1) is 8.61. The molecule has 96 valence electrons. The molecule has 0 fully saturated rings. The van der Waals surface area contributed by atoms with Crippen molar-refractivity contribution in [2.75, 3.05) is 17.4 Å². The van der Waals surface area contributed by atoms with E-state index in [9.17, 15) is 0 Å². The van der Waals surface area contributed by atoms with Gasteiger partial charge in [-0.3, -0.25) is 0 Å². The molecule has 1 aromatic heterocycles. The summed E-state index contributed by atoms with van der Waals surface area (Å²) >= 11 is 1.27. The van der Waals surface area contributed by atoms with E-state index in [1.54, 1.807) is 0 Å². The van der Waals surface area contributed by atoms with Gasteiger partial charge in [0.05, 0.1) is 6.54 Å². The zero-order chi connectivity index (χ0) is 13.1. The molecule has 0 aliphatic heterocycles. The number of aryl methyl sites for hydroxylation is 2. The molecule has 0 aliphatic carbocycles. The molecule has 1 heterocycles. The Morgan fingerprint density at radius 1 is 1.39 bits per heavy atom. The summed E-state index contributed by atoms with van der Waals surface area (Å²) in [5, 5.41) is 4.90. The molecule has 18 heavy (non-hydrogen) atoms. The molecule has 0 saturated carbocycles. The van der Waals surface area contributed by atoms with Crippen molar-refractivity contribution >= 4 is 22.2 Å². The minimum atomic E-state index is 0.680. The molecule has 0 bridgehead atoms. The van der Waals surface area contributed by atoms with E-state index in [-0.39, 0.29) is 0 Å². The normalized spacial score (nSPS) is 10.4. The van der Waals surface area contributed by atoms with Crippen molar-refractivity contribution in [1.82, 2.24) is 9.59 Å². The number of aromatic nitrogens is 2. The van der Waals surface area contributed by atoms with Crippen LogP contribution in [-0.2, 0) is 6.54 Å². The van der Waals surface area contributed by atoms with E-state index >= 15 is 0 Å². The van der Waals surface area contributed by atoms with Crippen LogP contribution in [0.2, 0.25) is 0 Å². The van der Waals surface area contributed by atoms with E-state index in [1.807, 2.05) is 7.05 Å². The largest absolute Gasteiger partial charge is 0.368 e. The van der Waals surface area contributed by atoms with Gasteiger partial charge >= 0.3 is 0 Å². The predicted molar refractivity (Wildman–Crippen MR) is 75.7 cm³/mol. The molecule has 2 aromatic rings. The number of rotatable bonds is 4. The van der Waals surface area contributed by atoms with Crippen molar-refractivity contribution in [3.05, 3.63) is 35.0 Å². The number of nitrogens with two attached hydrogens (primary N) is 1. The summed E-state index contributed by atoms with van der Waals surface area (Å²) in [5.74, 6) is 5.42. The topological polar surface area (TPSA) is 67.1 Å². The lowest BCUT2D eigenvalue weighted by Gasteiger charge is -2.21. The third-order valence-electron chi connectivity index (χ3n) is 2.84. The average Bonchev–Trinajstić information content (AvgIpc) is 2.76. The maximum absolute atomic E-state index is 5.42. The van der Waals surface area contributed by atoms with Crippen molar-refractivity contribution in [1.29, 1.82) is 0 Å². The molecule has 6 heteroatoms. The van der Waals surface area contributed by atoms with Crippen LogP contribution < -0.4 is 16.2 Å². The van der Waals surface area contributed by atoms with Crippen molar-refractivity contribution in [3.63, 3.8) is 0 Å². The molecule has 0 amide bonds. The van der Waals surface area contributed by atoms with Gasteiger partial charge in [-0.1, -0.05) is 22.2 Å². The summed E-state index contributed by atoms with van der Waals surface area (Å²) in [7, 11) is 2.04. The number of hydrogen-bond acceptors (Lipinski definition) is 6. The van der Waals surface area contributed by atoms with Crippen LogP contribution in [-0.4, -0.2) is 16.6 Å². The summed E-state index contributed by atoms with van der Waals surface area (Å²) < 4.78 is 3.90. The second-order valence-corrected chi connectivity index (χ2v) is 5.09. The SMILES string of the molecule is Cc1ccc(N(C)Cc2nnsc2NN)c(C)c1. The fraction of sp³-hybridized carbons (Fsp3) is 0.333. The van der Waals surface area contributed by atoms with E-state index in [0.717, 1.165) is 10.7 Å². The molecule has 3 N–H and O–H groups in total. The summed E-state index contributed by atoms with van der Waals surface area (Å²) in [6.45, 7) is 4.89. The van der Waals surface area contributed by atoms with Gasteiger partial charge in [0.1, 0.15) is 10.7 Å². The van der Waals surface area contributed by atoms with E-state index in [4.69, 9.17) is 5.84 Å². The van der Waals surface area contributed by atoms with Gasteiger partial charge in [0.2, 0.25) is 0 Å². The fourth-order valence-corrected chi connectivity index (χ4v) is 2.45. The van der Waals surface area contributed by atoms with Crippen LogP contribution in [0, 0.1) is 13.8 Å². The highest BCUT2D eigenvalue weighted by Gasteiger charge is 2.11. The highest BCUT2D eigenvalue weighted by molar-refractivity contribution is 7.10. The maximum Gasteiger partial charge on any atom is 0.149 e. The van der Waals surface area contributed by atoms with Crippen molar-refractivity contribution in [2.24, 2.45) is 5.84 Å². The predicted octanol–water partition coefficient (Wildman–Crippen LogP) is 2.08. The molecule has 2 rings (SSSR count). The van der Waals surface area contributed by atoms with Crippen LogP contribution in [0.3, 0.4) is 0 Å². The standard InChI is InChI=1S/C12H17N5S/c1-8-4-5-11(9(2)6-8)17(3)7-10-12(14-13)18-16-15-10/h4-6,14H,7,13H2,1-3H3. The van der Waals surface area contributed by atoms with Crippen LogP contribution in [0.4, 0.5) is 10.7 Å². The van der Waals surface area contributed by atoms with Crippen LogP contribution in [0.15, 0.2) is 18.2 Å². The van der Waals surface area contributed by atoms with Gasteiger partial charge < -0.3 is 10.3 Å². The Morgan fingerprint density at radius 3 is 2.83 bits per heavy atom. The highest BCUT2D eigenvalue weighted by Crippen LogP contribution is 2.24. The van der Waals surface area contributed by atoms with Crippen LogP contribution in [0.25, 0.3) is 0 Å². The van der Waals surface area contributed by atoms with Gasteiger partial charge in [0, 0.05) is 24.3 Å². The Morgan fingerprint density at radius 2 is 2.17 bits per heavy atom. The number of nitrogens with one attached hydrogen (secondary N) is 1. The molecular weight excluding hydrogens is 246 g/mol. The third kappa shape index (κ3) is 2.60. The highest BCUT2D eigenvalue weighted by atomic mass is 32.1. The molecule has 0 atom stereocenters. The van der Waals surface area contributed by atoms with E-state index in [1.165, 1.54) is 28.3 Å². The van der Waals surface area contributed by atoms with Crippen molar-refractivity contribution in [2.45, 2.75) is 20.4 Å². The van der Waals surface area contributed by atoms with Crippen LogP contribution in [0.5, 0.6) is 0 Å². The van der Waals surface area contributed by atoms with Crippen LogP contribution >= 0.6 is 11.5 Å². The lowest BCUT2D eigenvalue weighted by molar-refractivity contribution is 0.868. The molecule has 5 nitrogen and oxygen atoms in total. The minimum absolute atomic E-state index is 0.680. The van der Waals surface area contributed by atoms with Gasteiger partial charge in [-0.25, -0.2) is 5.84 Å². The number of anilines is 2. The maximum atomic E-state index is 5.42. The molecule has 0 unspecified atom stereocenters. The summed E-state index contributed by atoms with van der Waals surface area (Å²) in [4.78, 5) is 2.15. The first-order valence-electron chi connectivity index (χ1n) is 5.68. The molecule has 0 saturated heterocycles. The Bertz CT molecular complexity index is 537. The molecule has 1 aromatic carbocycles. The second kappa shape index (κ2) is 5.32. The molecule has 0 spiro atoms. The Hall–Kier alpha value is -1.66. The van der Waals surface area contributed by atoms with Gasteiger partial charge in [-0.2, -0.15) is 0 Å². The first kappa shape index (κ1) is 12.8. The third-order valence-corrected chi connectivity index (χ3v) is 3.54. The molecule has 0 radical (unpaired) electrons. The van der Waals surface area contributed by atoms with Gasteiger partial charge in [0.25, 0.3) is 0 Å². The zero-order valence-corrected chi connectivity index (χ0v) is 11.6. The molecule has 0 aliphatic rings. The smallest absolute Gasteiger partial charge is 0.149 e. The summed E-state index contributed by atoms with van der Waals surface area (Å²) in [5.41, 5.74) is 7.20. The quantitative estimate of drug-likeness (QED) is 0.653. The Labute approximate surface area is 111 Å². The monoisotopic (exact) mass is 263 g/mol. The number of nitrogens with zero attached hydrogens (tertiary/aromatic N) is 3. The van der Waals surface area contributed by atoms with E-state index < -0.39 is 0 Å². The minimum Gasteiger partial charge on any atom is -0.368 e. The fourth-order valence-electron chi connectivity index (χ4n) is 1.97. The summed E-state index contributed by atoms with van der Waals surface area (Å²) in [6.07, 6.45) is 0. The number of hydrogen-bond donors (Lipinski definition) is 2. The van der Waals surface area contributed by atoms with E-state index in [2.05, 4.69) is 52.0 Å². The first-order valence-corrected chi connectivity index (χ1v) is 6.45. The van der Waals surface area contributed by atoms with Gasteiger partial charge in [0.15, 0.2) is 0 Å². The van der Waals surface area contributed by atoms with E-state index in [0.29, 0.717) is 6.54 Å². The summed E-state index contributed by atoms with van der Waals surface area (Å²) in [6, 6.07) is 6.41. The molecular formula is C12H17N5S. The van der Waals surface area contributed by atoms with Crippen LogP contribution in [0.1, 0.15) is 16.8 Å². The number of benzene rings is 1. The Balaban J connectivity index is 2.19. The van der Waals surface area contributed by atoms with Gasteiger partial charge in [-0.05, 0) is 25.5 Å². The average molecular weight is 263 g/mol.